The lowest BCUT2D eigenvalue weighted by Crippen LogP contribution is -2.28. The molecule has 0 spiro atoms. The second-order valence-electron chi connectivity index (χ2n) is 2.61. The van der Waals surface area contributed by atoms with E-state index in [2.05, 4.69) is 16.9 Å². The monoisotopic (exact) mass is 141 g/mol. The summed E-state index contributed by atoms with van der Waals surface area (Å²) in [6, 6.07) is 0.0544. The molecule has 0 aromatic heterocycles. The van der Waals surface area contributed by atoms with Crippen molar-refractivity contribution in [2.75, 3.05) is 13.2 Å². The molecular formula is C6H11N3O. The van der Waals surface area contributed by atoms with Gasteiger partial charge in [-0.15, -0.1) is 0 Å². The fraction of sp³-hybridized carbons (Fsp3) is 1.00. The maximum atomic E-state index is 8.14. The van der Waals surface area contributed by atoms with Crippen LogP contribution in [0.15, 0.2) is 5.11 Å². The first-order chi connectivity index (χ1) is 4.84. The van der Waals surface area contributed by atoms with E-state index in [1.165, 1.54) is 0 Å². The minimum atomic E-state index is 0.0544. The van der Waals surface area contributed by atoms with Gasteiger partial charge in [-0.1, -0.05) is 12.0 Å². The Kier molecular flexibility index (Phi) is 2.54. The van der Waals surface area contributed by atoms with Gasteiger partial charge in [0.25, 0.3) is 0 Å². The van der Waals surface area contributed by atoms with E-state index in [0.717, 1.165) is 13.0 Å². The van der Waals surface area contributed by atoms with Gasteiger partial charge in [0.15, 0.2) is 0 Å². The SMILES string of the molecule is C[C@H]1CCOC[C@@H]1N=[N+]=[N-]. The summed E-state index contributed by atoms with van der Waals surface area (Å²) < 4.78 is 5.14. The van der Waals surface area contributed by atoms with Crippen molar-refractivity contribution in [3.05, 3.63) is 10.4 Å². The van der Waals surface area contributed by atoms with E-state index in [1.54, 1.807) is 0 Å². The molecule has 4 nitrogen and oxygen atoms in total. The molecule has 1 aliphatic heterocycles. The molecule has 4 heteroatoms. The standard InChI is InChI=1S/C6H11N3O/c1-5-2-3-10-4-6(5)8-9-7/h5-6H,2-4H2,1H3/t5-,6-/m0/s1. The Bertz CT molecular complexity index is 153. The largest absolute Gasteiger partial charge is 0.381 e. The van der Waals surface area contributed by atoms with Crippen LogP contribution in [-0.2, 0) is 4.74 Å². The lowest BCUT2D eigenvalue weighted by atomic mass is 9.98. The Morgan fingerprint density at radius 1 is 1.70 bits per heavy atom. The van der Waals surface area contributed by atoms with Crippen molar-refractivity contribution in [1.82, 2.24) is 0 Å². The van der Waals surface area contributed by atoms with Crippen LogP contribution in [-0.4, -0.2) is 19.3 Å². The number of nitrogens with zero attached hydrogens (tertiary/aromatic N) is 3. The van der Waals surface area contributed by atoms with Crippen LogP contribution in [0.5, 0.6) is 0 Å². The molecule has 0 aromatic rings. The molecule has 2 atom stereocenters. The van der Waals surface area contributed by atoms with Gasteiger partial charge in [0.1, 0.15) is 0 Å². The van der Waals surface area contributed by atoms with E-state index in [0.29, 0.717) is 12.5 Å². The van der Waals surface area contributed by atoms with Gasteiger partial charge in [0, 0.05) is 11.5 Å². The zero-order valence-corrected chi connectivity index (χ0v) is 6.03. The zero-order valence-electron chi connectivity index (χ0n) is 6.03. The van der Waals surface area contributed by atoms with E-state index in [1.807, 2.05) is 0 Å². The van der Waals surface area contributed by atoms with Crippen LogP contribution >= 0.6 is 0 Å². The minimum Gasteiger partial charge on any atom is -0.381 e. The third-order valence-electron chi connectivity index (χ3n) is 1.86. The molecule has 0 saturated carbocycles. The molecule has 0 aliphatic carbocycles. The van der Waals surface area contributed by atoms with Crippen LogP contribution in [0.1, 0.15) is 13.3 Å². The first-order valence-electron chi connectivity index (χ1n) is 3.46. The van der Waals surface area contributed by atoms with Crippen molar-refractivity contribution in [2.45, 2.75) is 19.4 Å². The van der Waals surface area contributed by atoms with E-state index in [4.69, 9.17) is 10.3 Å². The van der Waals surface area contributed by atoms with Crippen LogP contribution in [0.2, 0.25) is 0 Å². The van der Waals surface area contributed by atoms with Gasteiger partial charge in [-0.25, -0.2) is 0 Å². The second-order valence-corrected chi connectivity index (χ2v) is 2.61. The molecule has 0 radical (unpaired) electrons. The first kappa shape index (κ1) is 7.38. The zero-order chi connectivity index (χ0) is 7.40. The fourth-order valence-electron chi connectivity index (χ4n) is 1.04. The summed E-state index contributed by atoms with van der Waals surface area (Å²) in [6.07, 6.45) is 1.00. The fourth-order valence-corrected chi connectivity index (χ4v) is 1.04. The third-order valence-corrected chi connectivity index (χ3v) is 1.86. The minimum absolute atomic E-state index is 0.0544. The highest BCUT2D eigenvalue weighted by Gasteiger charge is 2.19. The second kappa shape index (κ2) is 3.44. The van der Waals surface area contributed by atoms with Crippen LogP contribution in [0.25, 0.3) is 10.4 Å². The highest BCUT2D eigenvalue weighted by atomic mass is 16.5. The molecule has 1 rings (SSSR count). The first-order valence-corrected chi connectivity index (χ1v) is 3.46. The van der Waals surface area contributed by atoms with E-state index >= 15 is 0 Å². The van der Waals surface area contributed by atoms with Crippen LogP contribution in [0.3, 0.4) is 0 Å². The number of hydrogen-bond acceptors (Lipinski definition) is 2. The molecule has 56 valence electrons. The summed E-state index contributed by atoms with van der Waals surface area (Å²) in [5.41, 5.74) is 8.14. The molecule has 0 N–H and O–H groups in total. The summed E-state index contributed by atoms with van der Waals surface area (Å²) in [6.45, 7) is 3.48. The molecule has 1 aliphatic rings. The van der Waals surface area contributed by atoms with Gasteiger partial charge in [0.2, 0.25) is 0 Å². The van der Waals surface area contributed by atoms with Gasteiger partial charge in [-0.3, -0.25) is 0 Å². The van der Waals surface area contributed by atoms with Crippen molar-refractivity contribution in [3.63, 3.8) is 0 Å². The number of rotatable bonds is 1. The van der Waals surface area contributed by atoms with Crippen LogP contribution < -0.4 is 0 Å². The summed E-state index contributed by atoms with van der Waals surface area (Å²) in [5.74, 6) is 0.477. The van der Waals surface area contributed by atoms with Crippen molar-refractivity contribution in [3.8, 4) is 0 Å². The lowest BCUT2D eigenvalue weighted by molar-refractivity contribution is 0.0547. The van der Waals surface area contributed by atoms with Gasteiger partial charge >= 0.3 is 0 Å². The molecule has 0 unspecified atom stereocenters. The maximum absolute atomic E-state index is 8.14. The summed E-state index contributed by atoms with van der Waals surface area (Å²) in [4.78, 5) is 2.75. The number of azide groups is 1. The Morgan fingerprint density at radius 3 is 3.10 bits per heavy atom. The Hall–Kier alpha value is -0.730. The van der Waals surface area contributed by atoms with Gasteiger partial charge < -0.3 is 4.74 Å². The van der Waals surface area contributed by atoms with Gasteiger partial charge in [-0.2, -0.15) is 0 Å². The van der Waals surface area contributed by atoms with Crippen molar-refractivity contribution in [1.29, 1.82) is 0 Å². The molecule has 10 heavy (non-hydrogen) atoms. The third kappa shape index (κ3) is 1.62. The number of hydrogen-bond donors (Lipinski definition) is 0. The molecular weight excluding hydrogens is 130 g/mol. The normalized spacial score (nSPS) is 32.9. The van der Waals surface area contributed by atoms with Gasteiger partial charge in [-0.05, 0) is 17.9 Å². The van der Waals surface area contributed by atoms with Crippen LogP contribution in [0, 0.1) is 5.92 Å². The lowest BCUT2D eigenvalue weighted by Gasteiger charge is -2.24. The average Bonchev–Trinajstić information content (AvgIpc) is 1.94. The maximum Gasteiger partial charge on any atom is 0.0634 e. The quantitative estimate of drug-likeness (QED) is 0.311. The molecule has 1 saturated heterocycles. The highest BCUT2D eigenvalue weighted by Crippen LogP contribution is 2.17. The Labute approximate surface area is 59.8 Å². The molecule has 0 bridgehead atoms. The summed E-state index contributed by atoms with van der Waals surface area (Å²) >= 11 is 0. The van der Waals surface area contributed by atoms with E-state index in [9.17, 15) is 0 Å². The van der Waals surface area contributed by atoms with E-state index in [-0.39, 0.29) is 6.04 Å². The summed E-state index contributed by atoms with van der Waals surface area (Å²) in [5, 5.41) is 3.62. The molecule has 0 amide bonds. The van der Waals surface area contributed by atoms with E-state index < -0.39 is 0 Å². The average molecular weight is 141 g/mol. The predicted molar refractivity (Wildman–Crippen MR) is 37.5 cm³/mol. The molecule has 0 aromatic carbocycles. The van der Waals surface area contributed by atoms with Crippen molar-refractivity contribution < 1.29 is 4.74 Å². The topological polar surface area (TPSA) is 58.0 Å². The number of ether oxygens (including phenoxy) is 1. The smallest absolute Gasteiger partial charge is 0.0634 e. The van der Waals surface area contributed by atoms with Crippen molar-refractivity contribution in [2.24, 2.45) is 11.0 Å². The van der Waals surface area contributed by atoms with Crippen molar-refractivity contribution >= 4 is 0 Å². The predicted octanol–water partition coefficient (Wildman–Crippen LogP) is 1.72. The summed E-state index contributed by atoms with van der Waals surface area (Å²) in [7, 11) is 0. The molecule has 1 heterocycles. The van der Waals surface area contributed by atoms with Gasteiger partial charge in [0.05, 0.1) is 12.6 Å². The Balaban J connectivity index is 2.47. The highest BCUT2D eigenvalue weighted by molar-refractivity contribution is 4.76. The molecule has 1 fully saturated rings. The Morgan fingerprint density at radius 2 is 2.50 bits per heavy atom. The van der Waals surface area contributed by atoms with Crippen LogP contribution in [0.4, 0.5) is 0 Å².